The van der Waals surface area contributed by atoms with Crippen molar-refractivity contribution in [3.8, 4) is 5.75 Å². The summed E-state index contributed by atoms with van der Waals surface area (Å²) in [6, 6.07) is 20.2. The van der Waals surface area contributed by atoms with Crippen molar-refractivity contribution in [3.63, 3.8) is 0 Å². The minimum Gasteiger partial charge on any atom is -0.497 e. The third-order valence-corrected chi connectivity index (χ3v) is 8.42. The van der Waals surface area contributed by atoms with Crippen molar-refractivity contribution in [2.24, 2.45) is 5.92 Å². The molecule has 2 aliphatic rings. The second-order valence-electron chi connectivity index (χ2n) is 10.8. The Balaban J connectivity index is 1.38. The summed E-state index contributed by atoms with van der Waals surface area (Å²) in [5.41, 5.74) is 3.00. The van der Waals surface area contributed by atoms with Crippen LogP contribution in [0.25, 0.3) is 0 Å². The third kappa shape index (κ3) is 4.79. The van der Waals surface area contributed by atoms with E-state index in [4.69, 9.17) is 4.74 Å². The first-order valence-electron chi connectivity index (χ1n) is 12.6. The number of rotatable bonds is 6. The molecule has 0 spiro atoms. The Bertz CT molecular complexity index is 1230. The summed E-state index contributed by atoms with van der Waals surface area (Å²) in [5, 5.41) is 2.11. The predicted octanol–water partition coefficient (Wildman–Crippen LogP) is 5.66. The number of hydrogen-bond acceptors (Lipinski definition) is 4. The van der Waals surface area contributed by atoms with E-state index < -0.39 is 5.54 Å². The molecule has 36 heavy (non-hydrogen) atoms. The van der Waals surface area contributed by atoms with E-state index in [0.717, 1.165) is 24.2 Å². The number of nitrogens with zero attached hydrogens (tertiary/aromatic N) is 2. The number of ether oxygens (including phenoxy) is 1. The van der Waals surface area contributed by atoms with Gasteiger partial charge >= 0.3 is 0 Å². The molecule has 1 saturated carbocycles. The van der Waals surface area contributed by atoms with E-state index in [1.807, 2.05) is 68.1 Å². The first kappa shape index (κ1) is 24.6. The van der Waals surface area contributed by atoms with Crippen LogP contribution < -0.4 is 4.74 Å². The Morgan fingerprint density at radius 3 is 2.42 bits per heavy atom. The number of methoxy groups -OCH3 is 1. The van der Waals surface area contributed by atoms with Gasteiger partial charge in [-0.1, -0.05) is 42.5 Å². The maximum absolute atomic E-state index is 13.9. The van der Waals surface area contributed by atoms with Gasteiger partial charge in [0.05, 0.1) is 13.2 Å². The number of thiophene rings is 1. The van der Waals surface area contributed by atoms with Crippen molar-refractivity contribution in [3.05, 3.63) is 87.6 Å². The highest BCUT2D eigenvalue weighted by Crippen LogP contribution is 2.49. The number of hydrogen-bond donors (Lipinski definition) is 0. The van der Waals surface area contributed by atoms with Gasteiger partial charge in [-0.3, -0.25) is 9.59 Å². The van der Waals surface area contributed by atoms with Crippen molar-refractivity contribution in [2.45, 2.75) is 51.1 Å². The summed E-state index contributed by atoms with van der Waals surface area (Å²) >= 11 is 1.75. The number of carbonyl (C=O) groups is 2. The Labute approximate surface area is 217 Å². The normalized spacial score (nSPS) is 21.0. The van der Waals surface area contributed by atoms with Gasteiger partial charge < -0.3 is 14.5 Å². The molecule has 5 rings (SSSR count). The fraction of sp³-hybridized carbons (Fsp3) is 0.400. The Hall–Kier alpha value is -3.12. The Morgan fingerprint density at radius 2 is 1.75 bits per heavy atom. The average Bonchev–Trinajstić information content (AvgIpc) is 3.54. The van der Waals surface area contributed by atoms with E-state index in [0.29, 0.717) is 6.54 Å². The lowest BCUT2D eigenvalue weighted by Crippen LogP contribution is -2.53. The second kappa shape index (κ2) is 9.74. The van der Waals surface area contributed by atoms with Crippen molar-refractivity contribution in [1.82, 2.24) is 9.80 Å². The zero-order chi connectivity index (χ0) is 25.4. The first-order valence-corrected chi connectivity index (χ1v) is 13.5. The molecule has 1 fully saturated rings. The molecule has 5 nitrogen and oxygen atoms in total. The second-order valence-corrected chi connectivity index (χ2v) is 11.8. The molecule has 0 bridgehead atoms. The highest BCUT2D eigenvalue weighted by atomic mass is 32.1. The predicted molar refractivity (Wildman–Crippen MR) is 143 cm³/mol. The molecular formula is C30H34N2O3S. The molecule has 0 N–H and O–H groups in total. The molecule has 3 aromatic rings. The van der Waals surface area contributed by atoms with E-state index >= 15 is 0 Å². The zero-order valence-electron chi connectivity index (χ0n) is 21.4. The average molecular weight is 503 g/mol. The highest BCUT2D eigenvalue weighted by Gasteiger charge is 2.48. The van der Waals surface area contributed by atoms with Gasteiger partial charge in [-0.05, 0) is 79.8 Å². The Morgan fingerprint density at radius 1 is 1.03 bits per heavy atom. The van der Waals surface area contributed by atoms with E-state index in [1.165, 1.54) is 16.0 Å². The SMILES string of the molecule is COc1ccc(C2c3ccsc3CCN2C(=O)CN(C(=O)C2CC2c2ccccc2)C(C)(C)C)cc1. The van der Waals surface area contributed by atoms with Crippen LogP contribution in [0, 0.1) is 5.92 Å². The van der Waals surface area contributed by atoms with Crippen LogP contribution in [0.5, 0.6) is 5.75 Å². The minimum atomic E-state index is -0.449. The van der Waals surface area contributed by atoms with Gasteiger partial charge in [-0.25, -0.2) is 0 Å². The monoisotopic (exact) mass is 502 g/mol. The molecule has 188 valence electrons. The molecule has 1 aliphatic carbocycles. The summed E-state index contributed by atoms with van der Waals surface area (Å²) in [6.45, 7) is 6.79. The molecule has 3 unspecified atom stereocenters. The van der Waals surface area contributed by atoms with Crippen LogP contribution >= 0.6 is 11.3 Å². The van der Waals surface area contributed by atoms with Crippen LogP contribution in [0.15, 0.2) is 66.0 Å². The maximum atomic E-state index is 13.9. The lowest BCUT2D eigenvalue weighted by molar-refractivity contribution is -0.146. The molecule has 2 aromatic carbocycles. The highest BCUT2D eigenvalue weighted by molar-refractivity contribution is 7.10. The van der Waals surface area contributed by atoms with E-state index in [1.54, 1.807) is 23.3 Å². The third-order valence-electron chi connectivity index (χ3n) is 7.42. The van der Waals surface area contributed by atoms with E-state index in [9.17, 15) is 9.59 Å². The summed E-state index contributed by atoms with van der Waals surface area (Å²) in [4.78, 5) is 32.7. The number of benzene rings is 2. The van der Waals surface area contributed by atoms with Crippen molar-refractivity contribution >= 4 is 23.2 Å². The van der Waals surface area contributed by atoms with Crippen molar-refractivity contribution < 1.29 is 14.3 Å². The number of carbonyl (C=O) groups excluding carboxylic acids is 2. The van der Waals surface area contributed by atoms with Crippen LogP contribution in [0.4, 0.5) is 0 Å². The maximum Gasteiger partial charge on any atom is 0.243 e. The minimum absolute atomic E-state index is 0.00662. The van der Waals surface area contributed by atoms with Crippen LogP contribution in [0.1, 0.15) is 60.7 Å². The van der Waals surface area contributed by atoms with Crippen LogP contribution in [0.2, 0.25) is 0 Å². The summed E-state index contributed by atoms with van der Waals surface area (Å²) in [6.07, 6.45) is 1.69. The molecule has 3 atom stereocenters. The van der Waals surface area contributed by atoms with Gasteiger partial charge in [0.1, 0.15) is 12.3 Å². The fourth-order valence-corrected chi connectivity index (χ4v) is 6.24. The zero-order valence-corrected chi connectivity index (χ0v) is 22.3. The molecule has 0 saturated heterocycles. The van der Waals surface area contributed by atoms with Crippen LogP contribution in [0.3, 0.4) is 0 Å². The summed E-state index contributed by atoms with van der Waals surface area (Å²) in [7, 11) is 1.66. The van der Waals surface area contributed by atoms with Crippen LogP contribution in [-0.2, 0) is 16.0 Å². The van der Waals surface area contributed by atoms with Gasteiger partial charge in [0, 0.05) is 22.9 Å². The topological polar surface area (TPSA) is 49.9 Å². The van der Waals surface area contributed by atoms with Crippen molar-refractivity contribution in [2.75, 3.05) is 20.2 Å². The fourth-order valence-electron chi connectivity index (χ4n) is 5.34. The van der Waals surface area contributed by atoms with Gasteiger partial charge in [0.15, 0.2) is 0 Å². The molecule has 2 amide bonds. The molecule has 6 heteroatoms. The summed E-state index contributed by atoms with van der Waals surface area (Å²) in [5.74, 6) is 1.06. The van der Waals surface area contributed by atoms with Gasteiger partial charge in [0.25, 0.3) is 0 Å². The lowest BCUT2D eigenvalue weighted by Gasteiger charge is -2.40. The van der Waals surface area contributed by atoms with Gasteiger partial charge in [-0.15, -0.1) is 11.3 Å². The number of fused-ring (bicyclic) bond motifs is 1. The largest absolute Gasteiger partial charge is 0.497 e. The van der Waals surface area contributed by atoms with Gasteiger partial charge in [-0.2, -0.15) is 0 Å². The summed E-state index contributed by atoms with van der Waals surface area (Å²) < 4.78 is 5.35. The molecule has 1 aromatic heterocycles. The van der Waals surface area contributed by atoms with Crippen LogP contribution in [-0.4, -0.2) is 47.4 Å². The Kier molecular flexibility index (Phi) is 6.64. The smallest absolute Gasteiger partial charge is 0.243 e. The van der Waals surface area contributed by atoms with E-state index in [-0.39, 0.29) is 36.2 Å². The first-order chi connectivity index (χ1) is 17.3. The molecule has 1 aliphatic heterocycles. The van der Waals surface area contributed by atoms with E-state index in [2.05, 4.69) is 23.6 Å². The molecule has 0 radical (unpaired) electrons. The molecule has 2 heterocycles. The lowest BCUT2D eigenvalue weighted by atomic mass is 9.93. The van der Waals surface area contributed by atoms with Gasteiger partial charge in [0.2, 0.25) is 11.8 Å². The standard InChI is InChI=1S/C30H34N2O3S/c1-30(2,3)32(29(34)25-18-24(25)20-8-6-5-7-9-20)19-27(33)31-16-14-26-23(15-17-36-26)28(31)21-10-12-22(35-4)13-11-21/h5-13,15,17,24-25,28H,14,16,18-19H2,1-4H3. The number of amides is 2. The van der Waals surface area contributed by atoms with Crippen molar-refractivity contribution in [1.29, 1.82) is 0 Å². The molecular weight excluding hydrogens is 468 g/mol. The quantitative estimate of drug-likeness (QED) is 0.437.